The van der Waals surface area contributed by atoms with Crippen molar-refractivity contribution >= 4 is 23.9 Å². The predicted molar refractivity (Wildman–Crippen MR) is 71.8 cm³/mol. The van der Waals surface area contributed by atoms with Crippen molar-refractivity contribution in [2.24, 2.45) is 11.3 Å². The number of hydrogen-bond donors (Lipinski definition) is 3. The van der Waals surface area contributed by atoms with E-state index in [0.29, 0.717) is 0 Å². The molecular formula is C14H14O8. The van der Waals surface area contributed by atoms with E-state index in [0.717, 1.165) is 18.2 Å². The molecule has 0 aromatic heterocycles. The van der Waals surface area contributed by atoms with Crippen LogP contribution in [0.5, 0.6) is 0 Å². The van der Waals surface area contributed by atoms with Gasteiger partial charge in [0.1, 0.15) is 6.61 Å². The highest BCUT2D eigenvalue weighted by molar-refractivity contribution is 6.03. The minimum Gasteiger partial charge on any atom is -0.481 e. The van der Waals surface area contributed by atoms with Gasteiger partial charge >= 0.3 is 23.9 Å². The summed E-state index contributed by atoms with van der Waals surface area (Å²) in [6.45, 7) is 3.79. The second kappa shape index (κ2) is 6.25. The first-order chi connectivity index (χ1) is 10.1. The van der Waals surface area contributed by atoms with Crippen molar-refractivity contribution in [3.8, 4) is 0 Å². The number of hydrogen-bond acceptors (Lipinski definition) is 5. The van der Waals surface area contributed by atoms with Gasteiger partial charge in [-0.1, -0.05) is 12.7 Å². The van der Waals surface area contributed by atoms with Crippen LogP contribution in [0, 0.1) is 11.3 Å². The highest BCUT2D eigenvalue weighted by Gasteiger charge is 2.48. The van der Waals surface area contributed by atoms with Crippen molar-refractivity contribution in [3.05, 3.63) is 36.0 Å². The van der Waals surface area contributed by atoms with Crippen LogP contribution in [-0.2, 0) is 23.9 Å². The maximum Gasteiger partial charge on any atom is 0.336 e. The zero-order valence-electron chi connectivity index (χ0n) is 11.6. The standard InChI is InChI=1S/C14H14O8/c1-3-9(15)22-6-8-10(12(18)19)7(11(16)17)4-5-14(8,2)13(20)21/h3-5,8H,1,6H2,2H3,(H,16,17)(H,18,19)(H,20,21). The molecule has 0 amide bonds. The smallest absolute Gasteiger partial charge is 0.336 e. The third-order valence-electron chi connectivity index (χ3n) is 3.44. The fourth-order valence-corrected chi connectivity index (χ4v) is 2.10. The van der Waals surface area contributed by atoms with Crippen LogP contribution in [-0.4, -0.2) is 45.8 Å². The van der Waals surface area contributed by atoms with Gasteiger partial charge in [-0.25, -0.2) is 14.4 Å². The molecule has 0 saturated carbocycles. The van der Waals surface area contributed by atoms with E-state index >= 15 is 0 Å². The average molecular weight is 310 g/mol. The Morgan fingerprint density at radius 3 is 2.27 bits per heavy atom. The summed E-state index contributed by atoms with van der Waals surface area (Å²) < 4.78 is 4.74. The summed E-state index contributed by atoms with van der Waals surface area (Å²) >= 11 is 0. The molecule has 22 heavy (non-hydrogen) atoms. The molecule has 8 nitrogen and oxygen atoms in total. The maximum absolute atomic E-state index is 11.5. The lowest BCUT2D eigenvalue weighted by Crippen LogP contribution is -2.42. The number of carboxylic acids is 3. The number of carboxylic acid groups (broad SMARTS) is 3. The average Bonchev–Trinajstić information content (AvgIpc) is 2.44. The van der Waals surface area contributed by atoms with Gasteiger partial charge < -0.3 is 20.1 Å². The van der Waals surface area contributed by atoms with Crippen LogP contribution in [0.1, 0.15) is 6.92 Å². The first kappa shape index (κ1) is 17.2. The summed E-state index contributed by atoms with van der Waals surface area (Å²) in [6.07, 6.45) is 2.85. The van der Waals surface area contributed by atoms with Gasteiger partial charge in [0.05, 0.1) is 16.6 Å². The molecule has 0 radical (unpaired) electrons. The third kappa shape index (κ3) is 3.05. The fourth-order valence-electron chi connectivity index (χ4n) is 2.10. The van der Waals surface area contributed by atoms with E-state index in [2.05, 4.69) is 6.58 Å². The van der Waals surface area contributed by atoms with Crippen LogP contribution in [0.25, 0.3) is 0 Å². The van der Waals surface area contributed by atoms with Gasteiger partial charge in [-0.15, -0.1) is 0 Å². The molecule has 0 spiro atoms. The molecule has 1 aliphatic carbocycles. The molecule has 0 bridgehead atoms. The monoisotopic (exact) mass is 310 g/mol. The summed E-state index contributed by atoms with van der Waals surface area (Å²) in [6, 6.07) is 0. The molecule has 0 aromatic rings. The zero-order chi connectivity index (χ0) is 17.1. The van der Waals surface area contributed by atoms with Gasteiger partial charge in [0, 0.05) is 12.0 Å². The highest BCUT2D eigenvalue weighted by atomic mass is 16.5. The Labute approximate surface area is 125 Å². The third-order valence-corrected chi connectivity index (χ3v) is 3.44. The molecular weight excluding hydrogens is 296 g/mol. The number of esters is 1. The number of aliphatic carboxylic acids is 3. The van der Waals surface area contributed by atoms with E-state index in [9.17, 15) is 29.4 Å². The van der Waals surface area contributed by atoms with E-state index < -0.39 is 53.0 Å². The first-order valence-corrected chi connectivity index (χ1v) is 6.07. The van der Waals surface area contributed by atoms with Crippen molar-refractivity contribution in [2.75, 3.05) is 6.61 Å². The topological polar surface area (TPSA) is 138 Å². The minimum absolute atomic E-state index is 0.550. The van der Waals surface area contributed by atoms with Crippen molar-refractivity contribution in [1.29, 1.82) is 0 Å². The van der Waals surface area contributed by atoms with Crippen molar-refractivity contribution in [2.45, 2.75) is 6.92 Å². The number of ether oxygens (including phenoxy) is 1. The molecule has 0 saturated heterocycles. The maximum atomic E-state index is 11.5. The SMILES string of the molecule is C=CC(=O)OCC1C(C(=O)O)=C(C(=O)O)C=CC1(C)C(=O)O. The first-order valence-electron chi connectivity index (χ1n) is 6.07. The number of carbonyl (C=O) groups is 4. The van der Waals surface area contributed by atoms with Crippen LogP contribution in [0.4, 0.5) is 0 Å². The van der Waals surface area contributed by atoms with Crippen LogP contribution in [0.3, 0.4) is 0 Å². The van der Waals surface area contributed by atoms with E-state index in [1.54, 1.807) is 0 Å². The second-order valence-electron chi connectivity index (χ2n) is 4.75. The lowest BCUT2D eigenvalue weighted by Gasteiger charge is -2.34. The number of rotatable bonds is 6. The lowest BCUT2D eigenvalue weighted by atomic mass is 9.69. The molecule has 0 aromatic carbocycles. The molecule has 0 fully saturated rings. The molecule has 0 aliphatic heterocycles. The summed E-state index contributed by atoms with van der Waals surface area (Å²) in [5.74, 6) is -6.70. The van der Waals surface area contributed by atoms with Crippen LogP contribution in [0.15, 0.2) is 36.0 Å². The Morgan fingerprint density at radius 1 is 1.27 bits per heavy atom. The Kier molecular flexibility index (Phi) is 4.87. The molecule has 8 heteroatoms. The van der Waals surface area contributed by atoms with Crippen LogP contribution >= 0.6 is 0 Å². The Hall–Kier alpha value is -2.90. The lowest BCUT2D eigenvalue weighted by molar-refractivity contribution is -0.152. The Bertz CT molecular complexity index is 612. The van der Waals surface area contributed by atoms with E-state index in [1.165, 1.54) is 6.92 Å². The zero-order valence-corrected chi connectivity index (χ0v) is 11.6. The predicted octanol–water partition coefficient (Wildman–Crippen LogP) is 0.458. The van der Waals surface area contributed by atoms with E-state index in [4.69, 9.17) is 9.84 Å². The van der Waals surface area contributed by atoms with Crippen molar-refractivity contribution in [1.82, 2.24) is 0 Å². The Balaban J connectivity index is 3.40. The van der Waals surface area contributed by atoms with Gasteiger partial charge in [0.15, 0.2) is 0 Å². The van der Waals surface area contributed by atoms with E-state index in [1.807, 2.05) is 0 Å². The van der Waals surface area contributed by atoms with Crippen molar-refractivity contribution in [3.63, 3.8) is 0 Å². The molecule has 3 N–H and O–H groups in total. The van der Waals surface area contributed by atoms with Gasteiger partial charge in [0.25, 0.3) is 0 Å². The quantitative estimate of drug-likeness (QED) is 0.475. The summed E-state index contributed by atoms with van der Waals surface area (Å²) in [4.78, 5) is 45.2. The second-order valence-corrected chi connectivity index (χ2v) is 4.75. The van der Waals surface area contributed by atoms with E-state index in [-0.39, 0.29) is 0 Å². The molecule has 2 unspecified atom stereocenters. The van der Waals surface area contributed by atoms with Crippen LogP contribution < -0.4 is 0 Å². The van der Waals surface area contributed by atoms with Gasteiger partial charge in [-0.05, 0) is 13.0 Å². The van der Waals surface area contributed by atoms with Crippen LogP contribution in [0.2, 0.25) is 0 Å². The molecule has 1 rings (SSSR count). The molecule has 2 atom stereocenters. The summed E-state index contributed by atoms with van der Waals surface area (Å²) in [7, 11) is 0. The van der Waals surface area contributed by atoms with Gasteiger partial charge in [-0.3, -0.25) is 4.79 Å². The minimum atomic E-state index is -1.73. The Morgan fingerprint density at radius 2 is 1.86 bits per heavy atom. The normalized spacial score (nSPS) is 23.8. The fraction of sp³-hybridized carbons (Fsp3) is 0.286. The molecule has 1 aliphatic rings. The summed E-state index contributed by atoms with van der Waals surface area (Å²) in [5.41, 5.74) is -2.91. The largest absolute Gasteiger partial charge is 0.481 e. The highest BCUT2D eigenvalue weighted by Crippen LogP contribution is 2.40. The molecule has 0 heterocycles. The molecule has 118 valence electrons. The summed E-state index contributed by atoms with van der Waals surface area (Å²) in [5, 5.41) is 27.7. The van der Waals surface area contributed by atoms with Gasteiger partial charge in [-0.2, -0.15) is 0 Å². The number of carbonyl (C=O) groups excluding carboxylic acids is 1. The van der Waals surface area contributed by atoms with Gasteiger partial charge in [0.2, 0.25) is 0 Å². The van der Waals surface area contributed by atoms with Crippen molar-refractivity contribution < 1.29 is 39.2 Å².